The van der Waals surface area contributed by atoms with Gasteiger partial charge in [0.05, 0.1) is 12.7 Å². The molecule has 82 valence electrons. The molecule has 2 heteroatoms. The van der Waals surface area contributed by atoms with Crippen LogP contribution in [0.2, 0.25) is 0 Å². The summed E-state index contributed by atoms with van der Waals surface area (Å²) in [5.41, 5.74) is 3.84. The molecule has 0 bridgehead atoms. The Morgan fingerprint density at radius 2 is 2.12 bits per heavy atom. The smallest absolute Gasteiger partial charge is 0.338 e. The first-order valence-electron chi connectivity index (χ1n) is 5.14. The fraction of sp³-hybridized carbons (Fsp3) is 0.143. The monoisotopic (exact) mass is 214 g/mol. The zero-order valence-electron chi connectivity index (χ0n) is 9.22. The first-order valence-corrected chi connectivity index (χ1v) is 5.14. The molecule has 0 radical (unpaired) electrons. The van der Waals surface area contributed by atoms with Gasteiger partial charge in [0.1, 0.15) is 0 Å². The number of hydrogen-bond acceptors (Lipinski definition) is 2. The molecule has 0 amide bonds. The highest BCUT2D eigenvalue weighted by Gasteiger charge is 1.89. The molecule has 0 unspecified atom stereocenters. The Kier molecular flexibility index (Phi) is 5.46. The SMILES string of the molecule is CCOC(=O)C=C=CC=Cc1ccccc1. The van der Waals surface area contributed by atoms with E-state index in [0.717, 1.165) is 5.56 Å². The molecule has 1 aromatic rings. The van der Waals surface area contributed by atoms with Gasteiger partial charge in [-0.3, -0.25) is 0 Å². The molecular weight excluding hydrogens is 200 g/mol. The Hall–Kier alpha value is -2.05. The summed E-state index contributed by atoms with van der Waals surface area (Å²) in [5, 5.41) is 0. The number of esters is 1. The van der Waals surface area contributed by atoms with Gasteiger partial charge < -0.3 is 4.74 Å². The van der Waals surface area contributed by atoms with Crippen LogP contribution in [0, 0.1) is 0 Å². The van der Waals surface area contributed by atoms with Crippen molar-refractivity contribution in [2.24, 2.45) is 0 Å². The number of hydrogen-bond donors (Lipinski definition) is 0. The summed E-state index contributed by atoms with van der Waals surface area (Å²) in [6.45, 7) is 2.15. The van der Waals surface area contributed by atoms with Gasteiger partial charge in [0, 0.05) is 0 Å². The molecule has 0 aliphatic heterocycles. The fourth-order valence-corrected chi connectivity index (χ4v) is 1.08. The summed E-state index contributed by atoms with van der Waals surface area (Å²) in [4.78, 5) is 10.9. The second-order valence-corrected chi connectivity index (χ2v) is 3.00. The predicted molar refractivity (Wildman–Crippen MR) is 64.8 cm³/mol. The first kappa shape index (κ1) is 12.0. The molecule has 0 saturated heterocycles. The molecule has 2 nitrogen and oxygen atoms in total. The second-order valence-electron chi connectivity index (χ2n) is 3.00. The largest absolute Gasteiger partial charge is 0.462 e. The van der Waals surface area contributed by atoms with Gasteiger partial charge in [0.15, 0.2) is 0 Å². The third-order valence-electron chi connectivity index (χ3n) is 1.77. The van der Waals surface area contributed by atoms with E-state index in [2.05, 4.69) is 5.73 Å². The van der Waals surface area contributed by atoms with Crippen molar-refractivity contribution in [1.82, 2.24) is 0 Å². The van der Waals surface area contributed by atoms with Crippen molar-refractivity contribution in [3.8, 4) is 0 Å². The fourth-order valence-electron chi connectivity index (χ4n) is 1.08. The van der Waals surface area contributed by atoms with Crippen LogP contribution in [-0.2, 0) is 9.53 Å². The van der Waals surface area contributed by atoms with Crippen molar-refractivity contribution in [2.75, 3.05) is 6.61 Å². The highest BCUT2D eigenvalue weighted by atomic mass is 16.5. The van der Waals surface area contributed by atoms with E-state index in [-0.39, 0.29) is 5.97 Å². The molecule has 16 heavy (non-hydrogen) atoms. The average Bonchev–Trinajstić information content (AvgIpc) is 2.30. The van der Waals surface area contributed by atoms with Crippen LogP contribution in [0.5, 0.6) is 0 Å². The van der Waals surface area contributed by atoms with Gasteiger partial charge in [-0.15, -0.1) is 5.73 Å². The van der Waals surface area contributed by atoms with E-state index in [1.165, 1.54) is 6.08 Å². The van der Waals surface area contributed by atoms with Crippen LogP contribution in [0.1, 0.15) is 12.5 Å². The van der Waals surface area contributed by atoms with Crippen LogP contribution in [0.25, 0.3) is 6.08 Å². The van der Waals surface area contributed by atoms with Gasteiger partial charge in [-0.2, -0.15) is 0 Å². The molecule has 0 N–H and O–H groups in total. The summed E-state index contributed by atoms with van der Waals surface area (Å²) < 4.78 is 4.71. The lowest BCUT2D eigenvalue weighted by Gasteiger charge is -1.91. The number of ether oxygens (including phenoxy) is 1. The highest BCUT2D eigenvalue weighted by Crippen LogP contribution is 2.00. The molecule has 0 aromatic heterocycles. The normalized spacial score (nSPS) is 9.56. The van der Waals surface area contributed by atoms with Gasteiger partial charge in [-0.1, -0.05) is 42.5 Å². The van der Waals surface area contributed by atoms with Gasteiger partial charge >= 0.3 is 5.97 Å². The molecule has 0 atom stereocenters. The number of allylic oxidation sites excluding steroid dienone is 1. The van der Waals surface area contributed by atoms with E-state index < -0.39 is 0 Å². The number of rotatable bonds is 4. The Labute approximate surface area is 95.6 Å². The van der Waals surface area contributed by atoms with Crippen LogP contribution >= 0.6 is 0 Å². The van der Waals surface area contributed by atoms with E-state index >= 15 is 0 Å². The minimum Gasteiger partial charge on any atom is -0.462 e. The highest BCUT2D eigenvalue weighted by molar-refractivity contribution is 5.81. The van der Waals surface area contributed by atoms with Crippen LogP contribution in [0.4, 0.5) is 0 Å². The maximum absolute atomic E-state index is 10.9. The molecular formula is C14H14O2. The molecule has 0 aliphatic rings. The lowest BCUT2D eigenvalue weighted by atomic mass is 10.2. The lowest BCUT2D eigenvalue weighted by molar-refractivity contribution is -0.137. The lowest BCUT2D eigenvalue weighted by Crippen LogP contribution is -1.97. The third-order valence-corrected chi connectivity index (χ3v) is 1.77. The van der Waals surface area contributed by atoms with Crippen LogP contribution < -0.4 is 0 Å². The zero-order chi connectivity index (χ0) is 11.6. The quantitative estimate of drug-likeness (QED) is 0.333. The summed E-state index contributed by atoms with van der Waals surface area (Å²) in [6, 6.07) is 9.91. The first-order chi connectivity index (χ1) is 7.83. The average molecular weight is 214 g/mol. The number of carbonyl (C=O) groups excluding carboxylic acids is 1. The van der Waals surface area contributed by atoms with Crippen molar-refractivity contribution in [2.45, 2.75) is 6.92 Å². The molecule has 1 aromatic carbocycles. The molecule has 0 heterocycles. The van der Waals surface area contributed by atoms with E-state index in [0.29, 0.717) is 6.61 Å². The van der Waals surface area contributed by atoms with Crippen molar-refractivity contribution < 1.29 is 9.53 Å². The Morgan fingerprint density at radius 3 is 2.81 bits per heavy atom. The Morgan fingerprint density at radius 1 is 1.38 bits per heavy atom. The van der Waals surface area contributed by atoms with Crippen molar-refractivity contribution >= 4 is 12.0 Å². The number of benzene rings is 1. The third kappa shape index (κ3) is 4.99. The molecule has 0 spiro atoms. The summed E-state index contributed by atoms with van der Waals surface area (Å²) >= 11 is 0. The van der Waals surface area contributed by atoms with E-state index in [1.807, 2.05) is 42.5 Å². The molecule has 0 fully saturated rings. The topological polar surface area (TPSA) is 26.3 Å². The van der Waals surface area contributed by atoms with Gasteiger partial charge in [0.25, 0.3) is 0 Å². The standard InChI is InChI=1S/C14H14O2/c1-2-16-14(15)12-8-4-7-11-13-9-5-3-6-10-13/h3-7,9-12H,2H2,1H3. The summed E-state index contributed by atoms with van der Waals surface area (Å²) in [7, 11) is 0. The van der Waals surface area contributed by atoms with Crippen LogP contribution in [-0.4, -0.2) is 12.6 Å². The number of carbonyl (C=O) groups is 1. The maximum Gasteiger partial charge on any atom is 0.338 e. The Bertz CT molecular complexity index is 410. The summed E-state index contributed by atoms with van der Waals surface area (Å²) in [5.74, 6) is -0.369. The minimum absolute atomic E-state index is 0.369. The van der Waals surface area contributed by atoms with Gasteiger partial charge in [-0.05, 0) is 18.6 Å². The molecule has 1 rings (SSSR count). The molecule has 0 saturated carbocycles. The van der Waals surface area contributed by atoms with Crippen LogP contribution in [0.15, 0.2) is 54.3 Å². The molecule has 0 aliphatic carbocycles. The van der Waals surface area contributed by atoms with Crippen molar-refractivity contribution in [3.05, 3.63) is 59.9 Å². The van der Waals surface area contributed by atoms with Crippen molar-refractivity contribution in [1.29, 1.82) is 0 Å². The zero-order valence-corrected chi connectivity index (χ0v) is 9.22. The van der Waals surface area contributed by atoms with E-state index in [4.69, 9.17) is 4.74 Å². The maximum atomic E-state index is 10.9. The van der Waals surface area contributed by atoms with Crippen LogP contribution in [0.3, 0.4) is 0 Å². The van der Waals surface area contributed by atoms with Gasteiger partial charge in [0.2, 0.25) is 0 Å². The van der Waals surface area contributed by atoms with E-state index in [1.54, 1.807) is 13.0 Å². The minimum atomic E-state index is -0.369. The Balaban J connectivity index is 2.48. The van der Waals surface area contributed by atoms with Gasteiger partial charge in [-0.25, -0.2) is 4.79 Å². The van der Waals surface area contributed by atoms with Crippen molar-refractivity contribution in [3.63, 3.8) is 0 Å². The predicted octanol–water partition coefficient (Wildman–Crippen LogP) is 2.97. The summed E-state index contributed by atoms with van der Waals surface area (Å²) in [6.07, 6.45) is 6.71. The van der Waals surface area contributed by atoms with E-state index in [9.17, 15) is 4.79 Å². The second kappa shape index (κ2) is 7.27.